The van der Waals surface area contributed by atoms with Crippen molar-refractivity contribution in [3.8, 4) is 5.75 Å². The number of carbonyl (C=O) groups is 1. The van der Waals surface area contributed by atoms with Crippen LogP contribution in [0.1, 0.15) is 20.8 Å². The molecule has 13 heavy (non-hydrogen) atoms. The van der Waals surface area contributed by atoms with Crippen molar-refractivity contribution < 1.29 is 9.90 Å². The standard InChI is InChI=1S/C9H14N2O2/c1-9(2,3)10-8(13)11-5-4-7(12)6-11/h4-6,12H,1-3H3,(H,10,13). The van der Waals surface area contributed by atoms with Crippen molar-refractivity contribution in [2.45, 2.75) is 26.3 Å². The number of amides is 1. The van der Waals surface area contributed by atoms with Gasteiger partial charge in [-0.15, -0.1) is 0 Å². The molecule has 1 rings (SSSR count). The van der Waals surface area contributed by atoms with E-state index in [1.165, 1.54) is 23.0 Å². The summed E-state index contributed by atoms with van der Waals surface area (Å²) in [6.45, 7) is 5.69. The van der Waals surface area contributed by atoms with E-state index in [0.29, 0.717) is 0 Å². The smallest absolute Gasteiger partial charge is 0.326 e. The molecule has 0 atom stereocenters. The Hall–Kier alpha value is -1.45. The van der Waals surface area contributed by atoms with Crippen LogP contribution in [0.25, 0.3) is 0 Å². The van der Waals surface area contributed by atoms with Crippen LogP contribution in [0.3, 0.4) is 0 Å². The number of hydrogen-bond acceptors (Lipinski definition) is 2. The van der Waals surface area contributed by atoms with Gasteiger partial charge in [-0.05, 0) is 26.8 Å². The van der Waals surface area contributed by atoms with Crippen LogP contribution in [-0.4, -0.2) is 21.2 Å². The zero-order valence-corrected chi connectivity index (χ0v) is 8.03. The van der Waals surface area contributed by atoms with Gasteiger partial charge in [0.25, 0.3) is 0 Å². The predicted octanol–water partition coefficient (Wildman–Crippen LogP) is 1.55. The predicted molar refractivity (Wildman–Crippen MR) is 49.8 cm³/mol. The summed E-state index contributed by atoms with van der Waals surface area (Å²) in [4.78, 5) is 11.4. The molecule has 0 spiro atoms. The molecule has 0 fully saturated rings. The van der Waals surface area contributed by atoms with Crippen molar-refractivity contribution in [3.05, 3.63) is 18.5 Å². The molecule has 2 N–H and O–H groups in total. The Morgan fingerprint density at radius 3 is 2.54 bits per heavy atom. The Balaban J connectivity index is 2.70. The summed E-state index contributed by atoms with van der Waals surface area (Å²) in [6.07, 6.45) is 2.87. The summed E-state index contributed by atoms with van der Waals surface area (Å²) in [5.41, 5.74) is -0.267. The topological polar surface area (TPSA) is 54.3 Å². The lowest BCUT2D eigenvalue weighted by Gasteiger charge is -2.20. The SMILES string of the molecule is CC(C)(C)NC(=O)n1ccc(O)c1. The Morgan fingerprint density at radius 1 is 1.54 bits per heavy atom. The molecule has 72 valence electrons. The molecule has 0 unspecified atom stereocenters. The van der Waals surface area contributed by atoms with E-state index in [1.807, 2.05) is 20.8 Å². The fourth-order valence-corrected chi connectivity index (χ4v) is 0.897. The number of carbonyl (C=O) groups excluding carboxylic acids is 1. The molecule has 0 aliphatic heterocycles. The van der Waals surface area contributed by atoms with Crippen LogP contribution in [0.5, 0.6) is 5.75 Å². The Bertz CT molecular complexity index is 310. The molecular formula is C9H14N2O2. The van der Waals surface area contributed by atoms with Gasteiger partial charge in [-0.3, -0.25) is 4.57 Å². The molecule has 0 aliphatic carbocycles. The third kappa shape index (κ3) is 2.82. The lowest BCUT2D eigenvalue weighted by Crippen LogP contribution is -2.42. The van der Waals surface area contributed by atoms with Crippen molar-refractivity contribution in [3.63, 3.8) is 0 Å². The average Bonchev–Trinajstić information content (AvgIpc) is 2.31. The second-order valence-corrected chi connectivity index (χ2v) is 3.96. The van der Waals surface area contributed by atoms with E-state index < -0.39 is 0 Å². The molecule has 0 radical (unpaired) electrons. The normalized spacial score (nSPS) is 11.3. The van der Waals surface area contributed by atoms with Crippen LogP contribution in [0.2, 0.25) is 0 Å². The van der Waals surface area contributed by atoms with E-state index in [1.54, 1.807) is 0 Å². The highest BCUT2D eigenvalue weighted by molar-refractivity contribution is 5.77. The number of nitrogens with one attached hydrogen (secondary N) is 1. The minimum atomic E-state index is -0.267. The third-order valence-electron chi connectivity index (χ3n) is 1.39. The Morgan fingerprint density at radius 2 is 2.15 bits per heavy atom. The molecule has 0 saturated heterocycles. The van der Waals surface area contributed by atoms with Gasteiger partial charge in [0.1, 0.15) is 5.75 Å². The molecule has 4 heteroatoms. The molecule has 0 aromatic carbocycles. The molecule has 0 aliphatic rings. The van der Waals surface area contributed by atoms with Gasteiger partial charge in [0.05, 0.1) is 6.20 Å². The van der Waals surface area contributed by atoms with Crippen LogP contribution in [0.15, 0.2) is 18.5 Å². The lowest BCUT2D eigenvalue weighted by molar-refractivity contribution is 0.233. The van der Waals surface area contributed by atoms with Gasteiger partial charge in [0.2, 0.25) is 0 Å². The molecule has 1 amide bonds. The van der Waals surface area contributed by atoms with Gasteiger partial charge < -0.3 is 10.4 Å². The van der Waals surface area contributed by atoms with Gasteiger partial charge in [-0.1, -0.05) is 0 Å². The average molecular weight is 182 g/mol. The Labute approximate surface area is 77.2 Å². The highest BCUT2D eigenvalue weighted by Gasteiger charge is 2.14. The van der Waals surface area contributed by atoms with E-state index in [0.717, 1.165) is 0 Å². The number of aromatic nitrogens is 1. The minimum absolute atomic E-state index is 0.0871. The van der Waals surface area contributed by atoms with Crippen LogP contribution in [0.4, 0.5) is 4.79 Å². The maximum atomic E-state index is 11.4. The van der Waals surface area contributed by atoms with Crippen LogP contribution >= 0.6 is 0 Å². The first-order valence-electron chi connectivity index (χ1n) is 4.08. The molecular weight excluding hydrogens is 168 g/mol. The highest BCUT2D eigenvalue weighted by atomic mass is 16.3. The fraction of sp³-hybridized carbons (Fsp3) is 0.444. The number of nitrogens with zero attached hydrogens (tertiary/aromatic N) is 1. The maximum absolute atomic E-state index is 11.4. The molecule has 4 nitrogen and oxygen atoms in total. The molecule has 1 heterocycles. The summed E-state index contributed by atoms with van der Waals surface area (Å²) in [6, 6.07) is 1.22. The second kappa shape index (κ2) is 3.12. The van der Waals surface area contributed by atoms with E-state index in [2.05, 4.69) is 5.32 Å². The van der Waals surface area contributed by atoms with Crippen molar-refractivity contribution >= 4 is 6.03 Å². The van der Waals surface area contributed by atoms with Gasteiger partial charge >= 0.3 is 6.03 Å². The summed E-state index contributed by atoms with van der Waals surface area (Å²) < 4.78 is 1.31. The van der Waals surface area contributed by atoms with Crippen molar-refractivity contribution in [1.82, 2.24) is 9.88 Å². The minimum Gasteiger partial charge on any atom is -0.506 e. The zero-order valence-electron chi connectivity index (χ0n) is 8.03. The first-order chi connectivity index (χ1) is 5.88. The monoisotopic (exact) mass is 182 g/mol. The molecule has 1 aromatic heterocycles. The quantitative estimate of drug-likeness (QED) is 0.639. The number of hydrogen-bond donors (Lipinski definition) is 2. The summed E-state index contributed by atoms with van der Waals surface area (Å²) in [5, 5.41) is 11.8. The van der Waals surface area contributed by atoms with Gasteiger partial charge in [-0.25, -0.2) is 4.79 Å². The van der Waals surface area contributed by atoms with E-state index in [4.69, 9.17) is 5.11 Å². The van der Waals surface area contributed by atoms with Crippen LogP contribution in [0, 0.1) is 0 Å². The summed E-state index contributed by atoms with van der Waals surface area (Å²) in [7, 11) is 0. The zero-order chi connectivity index (χ0) is 10.1. The molecule has 0 saturated carbocycles. The summed E-state index contributed by atoms with van der Waals surface area (Å²) >= 11 is 0. The van der Waals surface area contributed by atoms with Crippen LogP contribution in [-0.2, 0) is 0 Å². The lowest BCUT2D eigenvalue weighted by atomic mass is 10.1. The number of aromatic hydroxyl groups is 1. The highest BCUT2D eigenvalue weighted by Crippen LogP contribution is 2.08. The maximum Gasteiger partial charge on any atom is 0.326 e. The molecule has 1 aromatic rings. The van der Waals surface area contributed by atoms with Crippen molar-refractivity contribution in [2.24, 2.45) is 0 Å². The van der Waals surface area contributed by atoms with Crippen molar-refractivity contribution in [1.29, 1.82) is 0 Å². The largest absolute Gasteiger partial charge is 0.506 e. The Kier molecular flexibility index (Phi) is 2.32. The summed E-state index contributed by atoms with van der Waals surface area (Å²) in [5.74, 6) is 0.0871. The fourth-order valence-electron chi connectivity index (χ4n) is 0.897. The molecule has 0 bridgehead atoms. The van der Waals surface area contributed by atoms with Gasteiger partial charge in [0, 0.05) is 11.7 Å². The van der Waals surface area contributed by atoms with Crippen LogP contribution < -0.4 is 5.32 Å². The first kappa shape index (κ1) is 9.64. The van der Waals surface area contributed by atoms with Crippen molar-refractivity contribution in [2.75, 3.05) is 0 Å². The van der Waals surface area contributed by atoms with E-state index >= 15 is 0 Å². The van der Waals surface area contributed by atoms with E-state index in [9.17, 15) is 4.79 Å². The third-order valence-corrected chi connectivity index (χ3v) is 1.39. The second-order valence-electron chi connectivity index (χ2n) is 3.96. The number of rotatable bonds is 0. The van der Waals surface area contributed by atoms with Gasteiger partial charge in [0.15, 0.2) is 0 Å². The first-order valence-corrected chi connectivity index (χ1v) is 4.08. The van der Waals surface area contributed by atoms with Gasteiger partial charge in [-0.2, -0.15) is 0 Å². The van der Waals surface area contributed by atoms with E-state index in [-0.39, 0.29) is 17.3 Å².